The number of benzene rings is 2. The van der Waals surface area contributed by atoms with Gasteiger partial charge in [-0.05, 0) is 29.2 Å². The number of rotatable bonds is 4. The van der Waals surface area contributed by atoms with Gasteiger partial charge >= 0.3 is 0 Å². The summed E-state index contributed by atoms with van der Waals surface area (Å²) in [7, 11) is 0. The third kappa shape index (κ3) is 3.29. The summed E-state index contributed by atoms with van der Waals surface area (Å²) >= 11 is 0. The molecule has 0 saturated carbocycles. The second kappa shape index (κ2) is 6.90. The lowest BCUT2D eigenvalue weighted by atomic mass is 10.0. The van der Waals surface area contributed by atoms with Crippen LogP contribution >= 0.6 is 0 Å². The van der Waals surface area contributed by atoms with Gasteiger partial charge in [0.2, 0.25) is 5.91 Å². The van der Waals surface area contributed by atoms with Gasteiger partial charge in [0.15, 0.2) is 0 Å². The number of piperidine rings is 1. The van der Waals surface area contributed by atoms with Gasteiger partial charge in [-0.25, -0.2) is 0 Å². The lowest BCUT2D eigenvalue weighted by Crippen LogP contribution is -2.45. The normalized spacial score (nSPS) is 18.6. The van der Waals surface area contributed by atoms with Crippen LogP contribution in [0.2, 0.25) is 0 Å². The smallest absolute Gasteiger partial charge is 0.236 e. The van der Waals surface area contributed by atoms with Crippen molar-refractivity contribution >= 4 is 16.7 Å². The van der Waals surface area contributed by atoms with Crippen LogP contribution in [0.3, 0.4) is 0 Å². The molecule has 0 bridgehead atoms. The Morgan fingerprint density at radius 1 is 1.23 bits per heavy atom. The molecular weight excluding hydrogens is 276 g/mol. The van der Waals surface area contributed by atoms with E-state index in [9.17, 15) is 4.79 Å². The van der Waals surface area contributed by atoms with E-state index in [4.69, 9.17) is 10.5 Å². The quantitative estimate of drug-likeness (QED) is 0.942. The fourth-order valence-electron chi connectivity index (χ4n) is 3.06. The molecule has 116 valence electrons. The van der Waals surface area contributed by atoms with E-state index < -0.39 is 0 Å². The molecule has 22 heavy (non-hydrogen) atoms. The van der Waals surface area contributed by atoms with E-state index in [-0.39, 0.29) is 18.6 Å². The summed E-state index contributed by atoms with van der Waals surface area (Å²) in [6.45, 7) is 2.11. The SMILES string of the molecule is NCC(=O)N1CCCC(OCc2cccc3ccccc23)C1. The van der Waals surface area contributed by atoms with E-state index in [1.165, 1.54) is 16.3 Å². The van der Waals surface area contributed by atoms with Crippen LogP contribution in [0.15, 0.2) is 42.5 Å². The van der Waals surface area contributed by atoms with E-state index in [0.29, 0.717) is 13.2 Å². The zero-order valence-corrected chi connectivity index (χ0v) is 12.7. The number of hydrogen-bond donors (Lipinski definition) is 1. The highest BCUT2D eigenvalue weighted by Gasteiger charge is 2.23. The Hall–Kier alpha value is -1.91. The van der Waals surface area contributed by atoms with Crippen molar-refractivity contribution in [1.29, 1.82) is 0 Å². The highest BCUT2D eigenvalue weighted by Crippen LogP contribution is 2.21. The molecule has 1 aliphatic rings. The molecule has 0 aliphatic carbocycles. The van der Waals surface area contributed by atoms with Crippen molar-refractivity contribution in [1.82, 2.24) is 4.90 Å². The topological polar surface area (TPSA) is 55.6 Å². The maximum Gasteiger partial charge on any atom is 0.236 e. The van der Waals surface area contributed by atoms with Crippen molar-refractivity contribution in [2.75, 3.05) is 19.6 Å². The van der Waals surface area contributed by atoms with Gasteiger partial charge in [0, 0.05) is 13.1 Å². The van der Waals surface area contributed by atoms with Gasteiger partial charge in [0.1, 0.15) is 0 Å². The highest BCUT2D eigenvalue weighted by atomic mass is 16.5. The number of amides is 1. The van der Waals surface area contributed by atoms with Gasteiger partial charge in [-0.3, -0.25) is 4.79 Å². The molecule has 2 aromatic rings. The molecule has 2 N–H and O–H groups in total. The summed E-state index contributed by atoms with van der Waals surface area (Å²) in [5.74, 6) is 0.0125. The molecule has 1 atom stereocenters. The van der Waals surface area contributed by atoms with Gasteiger partial charge < -0.3 is 15.4 Å². The van der Waals surface area contributed by atoms with Crippen LogP contribution in [0.1, 0.15) is 18.4 Å². The van der Waals surface area contributed by atoms with E-state index in [0.717, 1.165) is 19.4 Å². The summed E-state index contributed by atoms with van der Waals surface area (Å²) in [5.41, 5.74) is 6.64. The lowest BCUT2D eigenvalue weighted by molar-refractivity contribution is -0.134. The van der Waals surface area contributed by atoms with Gasteiger partial charge in [-0.2, -0.15) is 0 Å². The van der Waals surface area contributed by atoms with Crippen LogP contribution in [0.4, 0.5) is 0 Å². The molecule has 0 radical (unpaired) electrons. The molecule has 4 nitrogen and oxygen atoms in total. The molecular formula is C18H22N2O2. The van der Waals surface area contributed by atoms with Gasteiger partial charge in [0.05, 0.1) is 19.3 Å². The van der Waals surface area contributed by atoms with E-state index >= 15 is 0 Å². The Morgan fingerprint density at radius 2 is 2.05 bits per heavy atom. The highest BCUT2D eigenvalue weighted by molar-refractivity contribution is 5.85. The van der Waals surface area contributed by atoms with Gasteiger partial charge in [-0.1, -0.05) is 42.5 Å². The van der Waals surface area contributed by atoms with E-state index in [2.05, 4.69) is 30.3 Å². The minimum atomic E-state index is 0.0125. The van der Waals surface area contributed by atoms with Crippen molar-refractivity contribution in [3.63, 3.8) is 0 Å². The van der Waals surface area contributed by atoms with Crippen molar-refractivity contribution in [3.8, 4) is 0 Å². The first-order valence-corrected chi connectivity index (χ1v) is 7.84. The average Bonchev–Trinajstić information content (AvgIpc) is 2.59. The lowest BCUT2D eigenvalue weighted by Gasteiger charge is -2.32. The number of carbonyl (C=O) groups is 1. The zero-order valence-electron chi connectivity index (χ0n) is 12.7. The molecule has 0 spiro atoms. The zero-order chi connectivity index (χ0) is 15.4. The summed E-state index contributed by atoms with van der Waals surface area (Å²) in [5, 5.41) is 2.46. The molecule has 1 unspecified atom stereocenters. The third-order valence-electron chi connectivity index (χ3n) is 4.26. The van der Waals surface area contributed by atoms with E-state index in [1.54, 1.807) is 0 Å². The standard InChI is InChI=1S/C18H22N2O2/c19-11-18(21)20-10-4-8-16(12-20)22-13-15-7-3-6-14-5-1-2-9-17(14)15/h1-3,5-7,9,16H,4,8,10-13,19H2. The number of carbonyl (C=O) groups excluding carboxylic acids is 1. The molecule has 1 saturated heterocycles. The molecule has 1 aliphatic heterocycles. The number of fused-ring (bicyclic) bond motifs is 1. The Morgan fingerprint density at radius 3 is 2.91 bits per heavy atom. The van der Waals surface area contributed by atoms with Crippen LogP contribution in [0.25, 0.3) is 10.8 Å². The Bertz CT molecular complexity index is 651. The predicted octanol–water partition coefficient (Wildman–Crippen LogP) is 2.31. The van der Waals surface area contributed by atoms with Crippen molar-refractivity contribution in [2.24, 2.45) is 5.73 Å². The van der Waals surface area contributed by atoms with Gasteiger partial charge in [-0.15, -0.1) is 0 Å². The van der Waals surface area contributed by atoms with Crippen LogP contribution in [0, 0.1) is 0 Å². The fourth-order valence-corrected chi connectivity index (χ4v) is 3.06. The fraction of sp³-hybridized carbons (Fsp3) is 0.389. The maximum absolute atomic E-state index is 11.7. The number of nitrogens with two attached hydrogens (primary N) is 1. The molecule has 3 rings (SSSR count). The third-order valence-corrected chi connectivity index (χ3v) is 4.26. The van der Waals surface area contributed by atoms with Crippen LogP contribution in [0.5, 0.6) is 0 Å². The first kappa shape index (κ1) is 15.0. The largest absolute Gasteiger partial charge is 0.372 e. The van der Waals surface area contributed by atoms with Crippen LogP contribution in [-0.2, 0) is 16.1 Å². The monoisotopic (exact) mass is 298 g/mol. The minimum Gasteiger partial charge on any atom is -0.372 e. The van der Waals surface area contributed by atoms with Crippen LogP contribution < -0.4 is 5.73 Å². The first-order chi connectivity index (χ1) is 10.8. The van der Waals surface area contributed by atoms with E-state index in [1.807, 2.05) is 17.0 Å². The summed E-state index contributed by atoms with van der Waals surface area (Å²) < 4.78 is 6.07. The molecule has 1 amide bonds. The van der Waals surface area contributed by atoms with Crippen molar-refractivity contribution in [3.05, 3.63) is 48.0 Å². The molecule has 4 heteroatoms. The second-order valence-electron chi connectivity index (χ2n) is 5.76. The van der Waals surface area contributed by atoms with Crippen LogP contribution in [-0.4, -0.2) is 36.5 Å². The molecule has 1 fully saturated rings. The molecule has 2 aromatic carbocycles. The Kier molecular flexibility index (Phi) is 4.71. The predicted molar refractivity (Wildman–Crippen MR) is 87.4 cm³/mol. The summed E-state index contributed by atoms with van der Waals surface area (Å²) in [6, 6.07) is 14.6. The number of likely N-dealkylation sites (tertiary alicyclic amines) is 1. The maximum atomic E-state index is 11.7. The van der Waals surface area contributed by atoms with Crippen molar-refractivity contribution < 1.29 is 9.53 Å². The Labute approximate surface area is 130 Å². The molecule has 0 aromatic heterocycles. The molecule has 1 heterocycles. The summed E-state index contributed by atoms with van der Waals surface area (Å²) in [6.07, 6.45) is 2.08. The Balaban J connectivity index is 1.65. The number of ether oxygens (including phenoxy) is 1. The number of hydrogen-bond acceptors (Lipinski definition) is 3. The second-order valence-corrected chi connectivity index (χ2v) is 5.76. The van der Waals surface area contributed by atoms with Crippen molar-refractivity contribution in [2.45, 2.75) is 25.6 Å². The van der Waals surface area contributed by atoms with Gasteiger partial charge in [0.25, 0.3) is 0 Å². The summed E-state index contributed by atoms with van der Waals surface area (Å²) in [4.78, 5) is 13.5. The first-order valence-electron chi connectivity index (χ1n) is 7.84. The number of nitrogens with zero attached hydrogens (tertiary/aromatic N) is 1. The minimum absolute atomic E-state index is 0.0125. The average molecular weight is 298 g/mol.